The summed E-state index contributed by atoms with van der Waals surface area (Å²) in [4.78, 5) is 14.6. The molecule has 0 radical (unpaired) electrons. The number of carbonyl (C=O) groups excluding carboxylic acids is 1. The molecule has 1 aromatic heterocycles. The number of esters is 1. The number of hydrogen-bond donors (Lipinski definition) is 1. The van der Waals surface area contributed by atoms with E-state index in [9.17, 15) is 4.79 Å². The molecule has 0 aliphatic carbocycles. The Morgan fingerprint density at radius 1 is 1.56 bits per heavy atom. The summed E-state index contributed by atoms with van der Waals surface area (Å²) in [5, 5.41) is 0.767. The van der Waals surface area contributed by atoms with Gasteiger partial charge >= 0.3 is 5.97 Å². The minimum atomic E-state index is -0.429. The van der Waals surface area contributed by atoms with Crippen molar-refractivity contribution in [1.29, 1.82) is 0 Å². The van der Waals surface area contributed by atoms with Crippen LogP contribution in [-0.2, 0) is 4.74 Å². The van der Waals surface area contributed by atoms with Crippen LogP contribution in [0.1, 0.15) is 16.1 Å². The highest BCUT2D eigenvalue weighted by Crippen LogP contribution is 2.25. The minimum Gasteiger partial charge on any atom is -0.465 e. The van der Waals surface area contributed by atoms with E-state index in [0.717, 1.165) is 15.4 Å². The minimum absolute atomic E-state index is 0.410. The van der Waals surface area contributed by atoms with Gasteiger partial charge in [-0.1, -0.05) is 27.9 Å². The maximum atomic E-state index is 11.6. The third kappa shape index (κ3) is 1.59. The number of carbonyl (C=O) groups is 1. The maximum absolute atomic E-state index is 11.6. The van der Waals surface area contributed by atoms with Crippen LogP contribution in [0.4, 0.5) is 0 Å². The van der Waals surface area contributed by atoms with Gasteiger partial charge in [0, 0.05) is 15.4 Å². The summed E-state index contributed by atoms with van der Waals surface area (Å²) >= 11 is 3.35. The van der Waals surface area contributed by atoms with Crippen LogP contribution in [0.5, 0.6) is 0 Å². The molecule has 0 aliphatic heterocycles. The van der Waals surface area contributed by atoms with E-state index in [-0.39, 0.29) is 0 Å². The van der Waals surface area contributed by atoms with Crippen LogP contribution in [0, 0.1) is 12.3 Å². The molecule has 80 valence electrons. The first-order valence-corrected chi connectivity index (χ1v) is 5.33. The molecule has 0 fully saturated rings. The van der Waals surface area contributed by atoms with Crippen molar-refractivity contribution >= 4 is 32.8 Å². The summed E-state index contributed by atoms with van der Waals surface area (Å²) in [7, 11) is 1.33. The number of terminal acetylenes is 1. The van der Waals surface area contributed by atoms with Gasteiger partial charge in [0.05, 0.1) is 7.11 Å². The summed E-state index contributed by atoms with van der Waals surface area (Å²) < 4.78 is 5.63. The summed E-state index contributed by atoms with van der Waals surface area (Å²) in [5.41, 5.74) is 1.66. The molecule has 2 aromatic rings. The van der Waals surface area contributed by atoms with Gasteiger partial charge < -0.3 is 9.72 Å². The summed E-state index contributed by atoms with van der Waals surface area (Å²) in [6, 6.07) is 5.54. The largest absolute Gasteiger partial charge is 0.465 e. The Hall–Kier alpha value is -1.73. The fraction of sp³-hybridized carbons (Fsp3) is 0.0833. The summed E-state index contributed by atoms with van der Waals surface area (Å²) in [5.74, 6) is 2.02. The van der Waals surface area contributed by atoms with Crippen molar-refractivity contribution in [2.45, 2.75) is 0 Å². The molecule has 1 heterocycles. The lowest BCUT2D eigenvalue weighted by Gasteiger charge is -1.97. The first kappa shape index (κ1) is 10.8. The number of H-pyrrole nitrogens is 1. The van der Waals surface area contributed by atoms with Crippen molar-refractivity contribution in [2.24, 2.45) is 0 Å². The normalized spacial score (nSPS) is 10.1. The molecule has 0 amide bonds. The molecule has 0 atom stereocenters. The lowest BCUT2D eigenvalue weighted by molar-refractivity contribution is 0.0603. The highest BCUT2D eigenvalue weighted by molar-refractivity contribution is 9.10. The van der Waals surface area contributed by atoms with Crippen molar-refractivity contribution < 1.29 is 9.53 Å². The highest BCUT2D eigenvalue weighted by atomic mass is 79.9. The van der Waals surface area contributed by atoms with Gasteiger partial charge in [0.1, 0.15) is 11.3 Å². The van der Waals surface area contributed by atoms with Crippen molar-refractivity contribution in [3.8, 4) is 12.3 Å². The zero-order valence-corrected chi connectivity index (χ0v) is 10.1. The predicted octanol–water partition coefficient (Wildman–Crippen LogP) is 2.70. The number of hydrogen-bond acceptors (Lipinski definition) is 2. The molecule has 3 nitrogen and oxygen atoms in total. The molecule has 2 rings (SSSR count). The van der Waals surface area contributed by atoms with Gasteiger partial charge in [0.2, 0.25) is 0 Å². The van der Waals surface area contributed by atoms with Crippen molar-refractivity contribution in [2.75, 3.05) is 7.11 Å². The van der Waals surface area contributed by atoms with Crippen LogP contribution in [0.2, 0.25) is 0 Å². The quantitative estimate of drug-likeness (QED) is 0.643. The number of benzene rings is 1. The van der Waals surface area contributed by atoms with Crippen LogP contribution < -0.4 is 0 Å². The number of aromatic amines is 1. The van der Waals surface area contributed by atoms with E-state index in [1.54, 1.807) is 0 Å². The van der Waals surface area contributed by atoms with Crippen molar-refractivity contribution in [3.05, 3.63) is 33.9 Å². The molecule has 16 heavy (non-hydrogen) atoms. The van der Waals surface area contributed by atoms with Gasteiger partial charge in [0.15, 0.2) is 0 Å². The number of halogens is 1. The number of nitrogens with one attached hydrogen (secondary N) is 1. The monoisotopic (exact) mass is 277 g/mol. The molecular weight excluding hydrogens is 270 g/mol. The molecule has 0 spiro atoms. The van der Waals surface area contributed by atoms with E-state index >= 15 is 0 Å². The maximum Gasteiger partial charge on any atom is 0.341 e. The lowest BCUT2D eigenvalue weighted by atomic mass is 10.1. The van der Waals surface area contributed by atoms with E-state index in [1.165, 1.54) is 7.11 Å². The smallest absolute Gasteiger partial charge is 0.341 e. The number of ether oxygens (including phenoxy) is 1. The Balaban J connectivity index is 2.80. The van der Waals surface area contributed by atoms with Gasteiger partial charge in [-0.25, -0.2) is 4.79 Å². The fourth-order valence-electron chi connectivity index (χ4n) is 1.59. The summed E-state index contributed by atoms with van der Waals surface area (Å²) in [6.45, 7) is 0. The topological polar surface area (TPSA) is 42.1 Å². The van der Waals surface area contributed by atoms with E-state index in [0.29, 0.717) is 11.3 Å². The van der Waals surface area contributed by atoms with Gasteiger partial charge in [-0.05, 0) is 12.1 Å². The van der Waals surface area contributed by atoms with E-state index < -0.39 is 5.97 Å². The Bertz CT molecular complexity index is 607. The second-order valence-electron chi connectivity index (χ2n) is 3.20. The van der Waals surface area contributed by atoms with Crippen LogP contribution >= 0.6 is 15.9 Å². The summed E-state index contributed by atoms with van der Waals surface area (Å²) in [6.07, 6.45) is 5.34. The SMILES string of the molecule is C#Cc1[nH]c2cc(Br)ccc2c1C(=O)OC. The number of rotatable bonds is 1. The van der Waals surface area contributed by atoms with Gasteiger partial charge in [0.25, 0.3) is 0 Å². The Morgan fingerprint density at radius 3 is 2.94 bits per heavy atom. The van der Waals surface area contributed by atoms with Gasteiger partial charge in [-0.15, -0.1) is 6.42 Å². The Kier molecular flexibility index (Phi) is 2.71. The predicted molar refractivity (Wildman–Crippen MR) is 65.3 cm³/mol. The molecule has 1 aromatic carbocycles. The molecule has 1 N–H and O–H groups in total. The number of aromatic nitrogens is 1. The zero-order chi connectivity index (χ0) is 11.7. The number of methoxy groups -OCH3 is 1. The molecular formula is C12H8BrNO2. The van der Waals surface area contributed by atoms with Crippen LogP contribution in [0.15, 0.2) is 22.7 Å². The van der Waals surface area contributed by atoms with Crippen molar-refractivity contribution in [3.63, 3.8) is 0 Å². The fourth-order valence-corrected chi connectivity index (χ4v) is 1.95. The van der Waals surface area contributed by atoms with Gasteiger partial charge in [-0.3, -0.25) is 0 Å². The van der Waals surface area contributed by atoms with Crippen molar-refractivity contribution in [1.82, 2.24) is 4.98 Å². The molecule has 0 saturated heterocycles. The lowest BCUT2D eigenvalue weighted by Crippen LogP contribution is -2.02. The van der Waals surface area contributed by atoms with Gasteiger partial charge in [-0.2, -0.15) is 0 Å². The first-order chi connectivity index (χ1) is 7.67. The molecule has 4 heteroatoms. The molecule has 0 bridgehead atoms. The standard InChI is InChI=1S/C12H8BrNO2/c1-3-9-11(12(15)16-2)8-5-4-7(13)6-10(8)14-9/h1,4-6,14H,2H3. The Labute approximate surface area is 101 Å². The third-order valence-corrected chi connectivity index (χ3v) is 2.79. The molecule has 0 aliphatic rings. The molecule has 0 saturated carbocycles. The zero-order valence-electron chi connectivity index (χ0n) is 8.50. The van der Waals surface area contributed by atoms with Crippen LogP contribution in [-0.4, -0.2) is 18.1 Å². The average Bonchev–Trinajstić information content (AvgIpc) is 2.65. The highest BCUT2D eigenvalue weighted by Gasteiger charge is 2.17. The van der Waals surface area contributed by atoms with E-state index in [2.05, 4.69) is 26.8 Å². The molecule has 0 unspecified atom stereocenters. The second-order valence-corrected chi connectivity index (χ2v) is 4.12. The van der Waals surface area contributed by atoms with Crippen LogP contribution in [0.3, 0.4) is 0 Å². The van der Waals surface area contributed by atoms with E-state index in [1.807, 2.05) is 18.2 Å². The third-order valence-electron chi connectivity index (χ3n) is 2.29. The second kappa shape index (κ2) is 4.03. The average molecular weight is 278 g/mol. The Morgan fingerprint density at radius 2 is 2.31 bits per heavy atom. The number of fused-ring (bicyclic) bond motifs is 1. The first-order valence-electron chi connectivity index (χ1n) is 4.53. The van der Waals surface area contributed by atoms with Crippen LogP contribution in [0.25, 0.3) is 10.9 Å². The van der Waals surface area contributed by atoms with E-state index in [4.69, 9.17) is 11.2 Å².